The number of anilines is 1. The van der Waals surface area contributed by atoms with Crippen molar-refractivity contribution in [2.24, 2.45) is 0 Å². The first-order chi connectivity index (χ1) is 15.8. The molecule has 5 rings (SSSR count). The molecule has 3 aromatic carbocycles. The number of aromatic nitrogens is 1. The highest BCUT2D eigenvalue weighted by Gasteiger charge is 2.34. The number of rotatable bonds is 6. The van der Waals surface area contributed by atoms with Crippen LogP contribution in [0.2, 0.25) is 0 Å². The quantitative estimate of drug-likeness (QED) is 0.405. The average molecular weight is 438 g/mol. The van der Waals surface area contributed by atoms with Crippen LogP contribution in [-0.2, 0) is 17.8 Å². The van der Waals surface area contributed by atoms with E-state index in [2.05, 4.69) is 22.9 Å². The number of hydrogen-bond acceptors (Lipinski definition) is 4. The van der Waals surface area contributed by atoms with E-state index in [4.69, 9.17) is 4.98 Å². The SMILES string of the molecule is O=C1C(NSc2ccccc2)Cc2cc(-c3ccccc3)cnc2N1Cc1ccccc1. The third-order valence-corrected chi connectivity index (χ3v) is 6.45. The number of benzene rings is 3. The Morgan fingerprint density at radius 1 is 0.875 bits per heavy atom. The molecule has 32 heavy (non-hydrogen) atoms. The molecule has 4 nitrogen and oxygen atoms in total. The molecule has 0 saturated carbocycles. The molecular weight excluding hydrogens is 414 g/mol. The van der Waals surface area contributed by atoms with Gasteiger partial charge in [0.15, 0.2) is 0 Å². The maximum absolute atomic E-state index is 13.5. The fourth-order valence-electron chi connectivity index (χ4n) is 3.92. The summed E-state index contributed by atoms with van der Waals surface area (Å²) >= 11 is 1.50. The van der Waals surface area contributed by atoms with Gasteiger partial charge >= 0.3 is 0 Å². The maximum atomic E-state index is 13.5. The van der Waals surface area contributed by atoms with E-state index in [1.54, 1.807) is 0 Å². The van der Waals surface area contributed by atoms with Crippen LogP contribution >= 0.6 is 11.9 Å². The van der Waals surface area contributed by atoms with Gasteiger partial charge in [0.05, 0.1) is 6.54 Å². The minimum atomic E-state index is -0.329. The summed E-state index contributed by atoms with van der Waals surface area (Å²) < 4.78 is 3.40. The molecular formula is C27H23N3OS. The van der Waals surface area contributed by atoms with E-state index in [0.717, 1.165) is 33.0 Å². The van der Waals surface area contributed by atoms with Crippen LogP contribution in [0.25, 0.3) is 11.1 Å². The summed E-state index contributed by atoms with van der Waals surface area (Å²) in [7, 11) is 0. The van der Waals surface area contributed by atoms with Crippen LogP contribution < -0.4 is 9.62 Å². The lowest BCUT2D eigenvalue weighted by Crippen LogP contribution is -2.49. The van der Waals surface area contributed by atoms with E-state index in [1.165, 1.54) is 11.9 Å². The van der Waals surface area contributed by atoms with Crippen LogP contribution in [0, 0.1) is 0 Å². The molecule has 4 aromatic rings. The van der Waals surface area contributed by atoms with Gasteiger partial charge in [0.1, 0.15) is 11.9 Å². The molecule has 0 fully saturated rings. The lowest BCUT2D eigenvalue weighted by Gasteiger charge is -2.33. The Labute approximate surface area is 192 Å². The average Bonchev–Trinajstić information content (AvgIpc) is 2.86. The molecule has 0 aliphatic carbocycles. The molecule has 5 heteroatoms. The first-order valence-corrected chi connectivity index (χ1v) is 11.5. The second kappa shape index (κ2) is 9.39. The standard InChI is InChI=1S/C27H23N3OS/c31-27-25(29-32-24-14-8-3-9-15-24)17-22-16-23(21-12-6-2-7-13-21)18-28-26(22)30(27)19-20-10-4-1-5-11-20/h1-16,18,25,29H,17,19H2. The Hall–Kier alpha value is -3.41. The van der Waals surface area contributed by atoms with Crippen molar-refractivity contribution in [3.05, 3.63) is 114 Å². The number of amides is 1. The van der Waals surface area contributed by atoms with Gasteiger partial charge in [-0.1, -0.05) is 78.9 Å². The Bertz CT molecular complexity index is 1200. The molecule has 2 heterocycles. The molecule has 1 unspecified atom stereocenters. The zero-order valence-electron chi connectivity index (χ0n) is 17.5. The highest BCUT2D eigenvalue weighted by atomic mass is 32.2. The summed E-state index contributed by atoms with van der Waals surface area (Å²) in [5.41, 5.74) is 4.34. The number of nitrogens with one attached hydrogen (secondary N) is 1. The number of fused-ring (bicyclic) bond motifs is 1. The monoisotopic (exact) mass is 437 g/mol. The van der Waals surface area contributed by atoms with Crippen LogP contribution in [0.15, 0.2) is 108 Å². The van der Waals surface area contributed by atoms with Crippen molar-refractivity contribution in [2.45, 2.75) is 23.9 Å². The first kappa shape index (κ1) is 20.5. The third-order valence-electron chi connectivity index (χ3n) is 5.54. The molecule has 0 radical (unpaired) electrons. The normalized spacial score (nSPS) is 15.4. The molecule has 1 aliphatic heterocycles. The van der Waals surface area contributed by atoms with Crippen molar-refractivity contribution in [1.29, 1.82) is 0 Å². The topological polar surface area (TPSA) is 45.2 Å². The van der Waals surface area contributed by atoms with Crippen molar-refractivity contribution in [3.63, 3.8) is 0 Å². The summed E-state index contributed by atoms with van der Waals surface area (Å²) in [5, 5.41) is 0. The van der Waals surface area contributed by atoms with Gasteiger partial charge in [0.2, 0.25) is 5.91 Å². The molecule has 1 N–H and O–H groups in total. The fraction of sp³-hybridized carbons (Fsp3) is 0.111. The van der Waals surface area contributed by atoms with Crippen molar-refractivity contribution >= 4 is 23.7 Å². The lowest BCUT2D eigenvalue weighted by atomic mass is 9.97. The van der Waals surface area contributed by atoms with Crippen LogP contribution in [0.4, 0.5) is 5.82 Å². The van der Waals surface area contributed by atoms with Gasteiger partial charge in [0.25, 0.3) is 0 Å². The minimum absolute atomic E-state index is 0.0461. The predicted molar refractivity (Wildman–Crippen MR) is 130 cm³/mol. The van der Waals surface area contributed by atoms with Crippen molar-refractivity contribution in [1.82, 2.24) is 9.71 Å². The zero-order chi connectivity index (χ0) is 21.8. The number of pyridine rings is 1. The maximum Gasteiger partial charge on any atom is 0.246 e. The van der Waals surface area contributed by atoms with Gasteiger partial charge in [-0.3, -0.25) is 9.69 Å². The van der Waals surface area contributed by atoms with Gasteiger partial charge in [-0.15, -0.1) is 0 Å². The summed E-state index contributed by atoms with van der Waals surface area (Å²) in [6.45, 7) is 0.499. The molecule has 0 spiro atoms. The highest BCUT2D eigenvalue weighted by Crippen LogP contribution is 2.32. The zero-order valence-corrected chi connectivity index (χ0v) is 18.3. The molecule has 1 aliphatic rings. The van der Waals surface area contributed by atoms with E-state index in [-0.39, 0.29) is 11.9 Å². The molecule has 1 amide bonds. The number of hydrogen-bond donors (Lipinski definition) is 1. The fourth-order valence-corrected chi connectivity index (χ4v) is 4.68. The van der Waals surface area contributed by atoms with Gasteiger partial charge in [-0.25, -0.2) is 9.71 Å². The van der Waals surface area contributed by atoms with Crippen LogP contribution in [0.5, 0.6) is 0 Å². The molecule has 0 bridgehead atoms. The summed E-state index contributed by atoms with van der Waals surface area (Å²) in [6, 6.07) is 32.2. The Balaban J connectivity index is 1.47. The minimum Gasteiger partial charge on any atom is -0.291 e. The third kappa shape index (κ3) is 4.44. The largest absolute Gasteiger partial charge is 0.291 e. The molecule has 158 valence electrons. The Morgan fingerprint density at radius 3 is 2.25 bits per heavy atom. The van der Waals surface area contributed by atoms with E-state index in [9.17, 15) is 4.79 Å². The second-order valence-electron chi connectivity index (χ2n) is 7.77. The van der Waals surface area contributed by atoms with Crippen molar-refractivity contribution in [3.8, 4) is 11.1 Å². The smallest absolute Gasteiger partial charge is 0.246 e. The Morgan fingerprint density at radius 2 is 1.53 bits per heavy atom. The van der Waals surface area contributed by atoms with Gasteiger partial charge in [0, 0.05) is 23.1 Å². The van der Waals surface area contributed by atoms with Gasteiger partial charge in [-0.2, -0.15) is 0 Å². The van der Waals surface area contributed by atoms with Crippen molar-refractivity contribution < 1.29 is 4.79 Å². The van der Waals surface area contributed by atoms with E-state index in [1.807, 2.05) is 90.0 Å². The van der Waals surface area contributed by atoms with Crippen LogP contribution in [0.3, 0.4) is 0 Å². The number of carbonyl (C=O) groups excluding carboxylic acids is 1. The van der Waals surface area contributed by atoms with Crippen molar-refractivity contribution in [2.75, 3.05) is 4.90 Å². The predicted octanol–water partition coefficient (Wildman–Crippen LogP) is 5.50. The molecule has 0 saturated heterocycles. The second-order valence-corrected chi connectivity index (χ2v) is 8.68. The molecule has 1 atom stereocenters. The van der Waals surface area contributed by atoms with E-state index in [0.29, 0.717) is 13.0 Å². The first-order valence-electron chi connectivity index (χ1n) is 10.6. The lowest BCUT2D eigenvalue weighted by molar-refractivity contribution is -0.120. The van der Waals surface area contributed by atoms with Gasteiger partial charge < -0.3 is 0 Å². The van der Waals surface area contributed by atoms with Gasteiger partial charge in [-0.05, 0) is 46.8 Å². The van der Waals surface area contributed by atoms with Crippen LogP contribution in [0.1, 0.15) is 11.1 Å². The Kier molecular flexibility index (Phi) is 6.01. The summed E-state index contributed by atoms with van der Waals surface area (Å²) in [5.74, 6) is 0.797. The number of nitrogens with zero attached hydrogens (tertiary/aromatic N) is 2. The van der Waals surface area contributed by atoms with E-state index < -0.39 is 0 Å². The summed E-state index contributed by atoms with van der Waals surface area (Å²) in [6.07, 6.45) is 2.47. The summed E-state index contributed by atoms with van der Waals surface area (Å²) in [4.78, 5) is 21.1. The van der Waals surface area contributed by atoms with Crippen LogP contribution in [-0.4, -0.2) is 16.9 Å². The molecule has 1 aromatic heterocycles. The highest BCUT2D eigenvalue weighted by molar-refractivity contribution is 7.97. The van der Waals surface area contributed by atoms with E-state index >= 15 is 0 Å². The number of carbonyl (C=O) groups is 1.